The molecule has 0 aromatic heterocycles. The first-order valence-corrected chi connectivity index (χ1v) is 3.15. The summed E-state index contributed by atoms with van der Waals surface area (Å²) < 4.78 is 25.4. The number of benzene rings is 1. The van der Waals surface area contributed by atoms with Crippen molar-refractivity contribution in [3.05, 3.63) is 35.4 Å². The molecule has 1 aromatic rings. The van der Waals surface area contributed by atoms with Gasteiger partial charge in [0.05, 0.1) is 5.56 Å². The van der Waals surface area contributed by atoms with Crippen LogP contribution < -0.4 is 0 Å². The molecule has 0 heterocycles. The normalized spacial score (nSPS) is 8.50. The highest BCUT2D eigenvalue weighted by molar-refractivity contribution is 5.74. The van der Waals surface area contributed by atoms with Gasteiger partial charge in [0.25, 0.3) is 0 Å². The lowest BCUT2D eigenvalue weighted by atomic mass is 10.2. The van der Waals surface area contributed by atoms with E-state index in [2.05, 4.69) is 5.92 Å². The summed E-state index contributed by atoms with van der Waals surface area (Å²) >= 11 is 0. The molecule has 0 N–H and O–H groups in total. The molecule has 0 radical (unpaired) electrons. The average molecular weight is 166 g/mol. The van der Waals surface area contributed by atoms with Crippen molar-refractivity contribution in [2.45, 2.75) is 0 Å². The van der Waals surface area contributed by atoms with Crippen molar-refractivity contribution in [2.75, 3.05) is 0 Å². The van der Waals surface area contributed by atoms with Crippen molar-refractivity contribution in [3.8, 4) is 11.8 Å². The van der Waals surface area contributed by atoms with Crippen LogP contribution in [0.4, 0.5) is 8.78 Å². The van der Waals surface area contributed by atoms with Crippen LogP contribution in [-0.4, -0.2) is 6.29 Å². The highest BCUT2D eigenvalue weighted by Crippen LogP contribution is 2.09. The van der Waals surface area contributed by atoms with Gasteiger partial charge in [0.15, 0.2) is 6.29 Å². The molecule has 0 fully saturated rings. The Balaban J connectivity index is 3.21. The fourth-order valence-corrected chi connectivity index (χ4v) is 0.719. The quantitative estimate of drug-likeness (QED) is 0.421. The van der Waals surface area contributed by atoms with E-state index in [1.807, 2.05) is 5.92 Å². The smallest absolute Gasteiger partial charge is 0.193 e. The van der Waals surface area contributed by atoms with Crippen LogP contribution in [-0.2, 0) is 4.79 Å². The van der Waals surface area contributed by atoms with E-state index < -0.39 is 11.6 Å². The molecule has 0 saturated heterocycles. The zero-order chi connectivity index (χ0) is 8.97. The summed E-state index contributed by atoms with van der Waals surface area (Å²) in [4.78, 5) is 9.78. The number of hydrogen-bond acceptors (Lipinski definition) is 1. The van der Waals surface area contributed by atoms with Gasteiger partial charge >= 0.3 is 0 Å². The third kappa shape index (κ3) is 1.67. The summed E-state index contributed by atoms with van der Waals surface area (Å²) in [5, 5.41) is 0. The molecular formula is C9H4F2O. The maximum Gasteiger partial charge on any atom is 0.193 e. The molecule has 0 amide bonds. The summed E-state index contributed by atoms with van der Waals surface area (Å²) in [7, 11) is 0. The highest BCUT2D eigenvalue weighted by atomic mass is 19.1. The van der Waals surface area contributed by atoms with Crippen molar-refractivity contribution in [1.29, 1.82) is 0 Å². The van der Waals surface area contributed by atoms with Gasteiger partial charge in [-0.15, -0.1) is 0 Å². The summed E-state index contributed by atoms with van der Waals surface area (Å²) in [6.07, 6.45) is 0.284. The van der Waals surface area contributed by atoms with E-state index in [-0.39, 0.29) is 11.8 Å². The molecular weight excluding hydrogens is 162 g/mol. The van der Waals surface area contributed by atoms with Crippen molar-refractivity contribution < 1.29 is 13.6 Å². The van der Waals surface area contributed by atoms with E-state index in [1.165, 1.54) is 6.07 Å². The van der Waals surface area contributed by atoms with Crippen molar-refractivity contribution >= 4 is 6.29 Å². The second-order valence-corrected chi connectivity index (χ2v) is 1.98. The Kier molecular flexibility index (Phi) is 2.54. The maximum atomic E-state index is 12.7. The summed E-state index contributed by atoms with van der Waals surface area (Å²) in [5.74, 6) is 2.48. The Morgan fingerprint density at radius 2 is 1.83 bits per heavy atom. The molecule has 0 spiro atoms. The Labute approximate surface area is 68.0 Å². The Hall–Kier alpha value is -1.69. The lowest BCUT2D eigenvalue weighted by Gasteiger charge is -1.93. The minimum absolute atomic E-state index is 0.284. The number of halogens is 2. The van der Waals surface area contributed by atoms with E-state index in [4.69, 9.17) is 0 Å². The van der Waals surface area contributed by atoms with Gasteiger partial charge in [-0.3, -0.25) is 4.79 Å². The van der Waals surface area contributed by atoms with E-state index in [0.29, 0.717) is 0 Å². The summed E-state index contributed by atoms with van der Waals surface area (Å²) in [6.45, 7) is 0. The fourth-order valence-electron chi connectivity index (χ4n) is 0.719. The predicted octanol–water partition coefficient (Wildman–Crippen LogP) is 1.52. The molecule has 1 rings (SSSR count). The zero-order valence-electron chi connectivity index (χ0n) is 5.97. The molecule has 0 aliphatic rings. The van der Waals surface area contributed by atoms with E-state index in [1.54, 1.807) is 0 Å². The molecule has 12 heavy (non-hydrogen) atoms. The van der Waals surface area contributed by atoms with Crippen LogP contribution in [0.5, 0.6) is 0 Å². The van der Waals surface area contributed by atoms with Gasteiger partial charge in [-0.05, 0) is 18.1 Å². The van der Waals surface area contributed by atoms with Crippen LogP contribution in [0.1, 0.15) is 5.56 Å². The summed E-state index contributed by atoms with van der Waals surface area (Å²) in [6, 6.07) is 3.40. The molecule has 0 bridgehead atoms. The SMILES string of the molecule is O=CC#Cc1c(F)cccc1F. The largest absolute Gasteiger partial charge is 0.289 e. The number of carbonyl (C=O) groups is 1. The first-order chi connectivity index (χ1) is 5.75. The van der Waals surface area contributed by atoms with Gasteiger partial charge in [-0.2, -0.15) is 0 Å². The van der Waals surface area contributed by atoms with Gasteiger partial charge < -0.3 is 0 Å². The number of aldehydes is 1. The van der Waals surface area contributed by atoms with Gasteiger partial charge in [-0.25, -0.2) is 8.78 Å². The highest BCUT2D eigenvalue weighted by Gasteiger charge is 2.03. The zero-order valence-corrected chi connectivity index (χ0v) is 5.97. The van der Waals surface area contributed by atoms with Crippen LogP contribution in [0.25, 0.3) is 0 Å². The molecule has 0 unspecified atom stereocenters. The Bertz CT molecular complexity index is 340. The fraction of sp³-hybridized carbons (Fsp3) is 0. The first-order valence-electron chi connectivity index (χ1n) is 3.15. The maximum absolute atomic E-state index is 12.7. The third-order valence-corrected chi connectivity index (χ3v) is 1.22. The minimum atomic E-state index is -0.760. The topological polar surface area (TPSA) is 17.1 Å². The van der Waals surface area contributed by atoms with Gasteiger partial charge in [0.1, 0.15) is 11.6 Å². The third-order valence-electron chi connectivity index (χ3n) is 1.22. The molecule has 0 atom stereocenters. The Morgan fingerprint density at radius 3 is 2.33 bits per heavy atom. The van der Waals surface area contributed by atoms with Crippen molar-refractivity contribution in [1.82, 2.24) is 0 Å². The van der Waals surface area contributed by atoms with E-state index in [0.717, 1.165) is 12.1 Å². The first kappa shape index (κ1) is 8.41. The van der Waals surface area contributed by atoms with E-state index in [9.17, 15) is 13.6 Å². The van der Waals surface area contributed by atoms with Crippen LogP contribution in [0, 0.1) is 23.5 Å². The summed E-state index contributed by atoms with van der Waals surface area (Å²) in [5.41, 5.74) is -0.371. The van der Waals surface area contributed by atoms with Crippen molar-refractivity contribution in [3.63, 3.8) is 0 Å². The number of rotatable bonds is 0. The van der Waals surface area contributed by atoms with Gasteiger partial charge in [-0.1, -0.05) is 12.0 Å². The van der Waals surface area contributed by atoms with Gasteiger partial charge in [0, 0.05) is 0 Å². The predicted molar refractivity (Wildman–Crippen MR) is 39.3 cm³/mol. The molecule has 0 saturated carbocycles. The molecule has 1 aromatic carbocycles. The minimum Gasteiger partial charge on any atom is -0.289 e. The number of hydrogen-bond donors (Lipinski definition) is 0. The molecule has 0 aliphatic carbocycles. The average Bonchev–Trinajstić information content (AvgIpc) is 2.04. The van der Waals surface area contributed by atoms with Crippen LogP contribution in [0.3, 0.4) is 0 Å². The molecule has 3 heteroatoms. The van der Waals surface area contributed by atoms with Crippen LogP contribution in [0.15, 0.2) is 18.2 Å². The molecule has 0 aliphatic heterocycles. The lowest BCUT2D eigenvalue weighted by molar-refractivity contribution is -0.103. The van der Waals surface area contributed by atoms with Crippen LogP contribution in [0.2, 0.25) is 0 Å². The second kappa shape index (κ2) is 3.63. The monoisotopic (exact) mass is 166 g/mol. The number of carbonyl (C=O) groups excluding carboxylic acids is 1. The van der Waals surface area contributed by atoms with E-state index >= 15 is 0 Å². The standard InChI is InChI=1S/C9H4F2O/c10-8-4-1-5-9(11)7(8)3-2-6-12/h1,4-6H. The molecule has 1 nitrogen and oxygen atoms in total. The Morgan fingerprint density at radius 1 is 1.25 bits per heavy atom. The second-order valence-electron chi connectivity index (χ2n) is 1.98. The van der Waals surface area contributed by atoms with Gasteiger partial charge in [0.2, 0.25) is 0 Å². The lowest BCUT2D eigenvalue weighted by Crippen LogP contribution is -1.88. The van der Waals surface area contributed by atoms with Crippen LogP contribution >= 0.6 is 0 Å². The van der Waals surface area contributed by atoms with Crippen molar-refractivity contribution in [2.24, 2.45) is 0 Å². The molecule has 60 valence electrons.